The summed E-state index contributed by atoms with van der Waals surface area (Å²) in [4.78, 5) is 17.8. The number of carbonyl (C=O) groups excluding carboxylic acids is 1. The van der Waals surface area contributed by atoms with Crippen LogP contribution in [0.3, 0.4) is 0 Å². The summed E-state index contributed by atoms with van der Waals surface area (Å²) in [7, 11) is 3.41. The fourth-order valence-electron chi connectivity index (χ4n) is 1.54. The van der Waals surface area contributed by atoms with Crippen molar-refractivity contribution in [3.8, 4) is 5.75 Å². The minimum absolute atomic E-state index is 0.0230. The monoisotopic (exact) mass is 397 g/mol. The molecule has 1 rings (SSSR count). The summed E-state index contributed by atoms with van der Waals surface area (Å²) in [5, 5.41) is 12.3. The van der Waals surface area contributed by atoms with Crippen molar-refractivity contribution in [2.45, 2.75) is 6.42 Å². The van der Waals surface area contributed by atoms with Gasteiger partial charge in [-0.15, -0.1) is 0 Å². The Kier molecular flexibility index (Phi) is 7.33. The molecule has 1 amide bonds. The van der Waals surface area contributed by atoms with Gasteiger partial charge in [0.15, 0.2) is 0 Å². The van der Waals surface area contributed by atoms with E-state index in [4.69, 9.17) is 4.52 Å². The zero-order valence-electron chi connectivity index (χ0n) is 10.8. The summed E-state index contributed by atoms with van der Waals surface area (Å²) in [6.45, 7) is 1.67. The second kappa shape index (κ2) is 8.50. The van der Waals surface area contributed by atoms with Crippen LogP contribution in [-0.2, 0) is 4.52 Å². The number of halogens is 1. The Balaban J connectivity index is 2.68. The van der Waals surface area contributed by atoms with Crippen LogP contribution in [0.15, 0.2) is 12.3 Å². The predicted molar refractivity (Wildman–Crippen MR) is 85.3 cm³/mol. The molecule has 106 valence electrons. The third kappa shape index (κ3) is 5.08. The maximum atomic E-state index is 12.2. The minimum atomic E-state index is -0.176. The molecule has 19 heavy (non-hydrogen) atoms. The van der Waals surface area contributed by atoms with Gasteiger partial charge in [0.05, 0.1) is 24.8 Å². The Morgan fingerprint density at radius 1 is 1.68 bits per heavy atom. The van der Waals surface area contributed by atoms with E-state index in [0.717, 1.165) is 6.42 Å². The van der Waals surface area contributed by atoms with E-state index in [-0.39, 0.29) is 11.7 Å². The third-order valence-electron chi connectivity index (χ3n) is 2.48. The number of amides is 1. The lowest BCUT2D eigenvalue weighted by atomic mass is 10.2. The van der Waals surface area contributed by atoms with Crippen LogP contribution in [0.1, 0.15) is 16.8 Å². The van der Waals surface area contributed by atoms with Gasteiger partial charge >= 0.3 is 0 Å². The van der Waals surface area contributed by atoms with Gasteiger partial charge in [-0.05, 0) is 34.5 Å². The molecule has 0 fully saturated rings. The Hall–Kier alpha value is -0.660. The highest BCUT2D eigenvalue weighted by atomic mass is 127. The molecular formula is C11H17IN3O3P. The highest BCUT2D eigenvalue weighted by Gasteiger charge is 2.17. The van der Waals surface area contributed by atoms with Crippen LogP contribution in [0.5, 0.6) is 5.75 Å². The van der Waals surface area contributed by atoms with Crippen LogP contribution in [0.25, 0.3) is 0 Å². The molecule has 1 atom stereocenters. The number of nitrogens with zero attached hydrogens (tertiary/aromatic N) is 2. The van der Waals surface area contributed by atoms with E-state index in [0.29, 0.717) is 31.0 Å². The number of pyridine rings is 1. The van der Waals surface area contributed by atoms with Crippen LogP contribution in [0.4, 0.5) is 5.82 Å². The number of rotatable bonds is 7. The van der Waals surface area contributed by atoms with Crippen molar-refractivity contribution in [1.82, 2.24) is 9.88 Å². The molecule has 0 saturated heterocycles. The number of aromatic nitrogens is 1. The van der Waals surface area contributed by atoms with E-state index in [9.17, 15) is 9.90 Å². The largest absolute Gasteiger partial charge is 0.506 e. The molecule has 2 N–H and O–H groups in total. The molecule has 0 aliphatic rings. The SMILES string of the molecule is CNc1ncc(O)cc1C(=O)N(C)CCCOPI. The number of hydrogen-bond donors (Lipinski definition) is 2. The first-order valence-corrected chi connectivity index (χ1v) is 9.72. The van der Waals surface area contributed by atoms with Gasteiger partial charge in [0, 0.05) is 20.6 Å². The van der Waals surface area contributed by atoms with E-state index < -0.39 is 0 Å². The molecular weight excluding hydrogens is 380 g/mol. The van der Waals surface area contributed by atoms with Crippen molar-refractivity contribution in [2.24, 2.45) is 0 Å². The lowest BCUT2D eigenvalue weighted by Gasteiger charge is -2.18. The second-order valence-corrected chi connectivity index (χ2v) is 5.61. The first kappa shape index (κ1) is 16.4. The second-order valence-electron chi connectivity index (χ2n) is 3.85. The van der Waals surface area contributed by atoms with Crippen LogP contribution in [0.2, 0.25) is 0 Å². The van der Waals surface area contributed by atoms with Gasteiger partial charge in [-0.2, -0.15) is 0 Å². The summed E-state index contributed by atoms with van der Waals surface area (Å²) in [6, 6.07) is 1.42. The number of hydrogen-bond acceptors (Lipinski definition) is 5. The van der Waals surface area contributed by atoms with E-state index >= 15 is 0 Å². The molecule has 1 aromatic heterocycles. The average Bonchev–Trinajstić information content (AvgIpc) is 2.42. The fraction of sp³-hybridized carbons (Fsp3) is 0.455. The van der Waals surface area contributed by atoms with E-state index in [1.807, 2.05) is 0 Å². The normalized spacial score (nSPS) is 10.9. The molecule has 0 radical (unpaired) electrons. The summed E-state index contributed by atoms with van der Waals surface area (Å²) < 4.78 is 5.25. The van der Waals surface area contributed by atoms with E-state index in [1.54, 1.807) is 19.0 Å². The van der Waals surface area contributed by atoms with Gasteiger partial charge in [-0.1, -0.05) is 0 Å². The molecule has 0 bridgehead atoms. The first-order chi connectivity index (χ1) is 9.10. The number of nitrogens with one attached hydrogen (secondary N) is 1. The maximum absolute atomic E-state index is 12.2. The number of carbonyl (C=O) groups is 1. The molecule has 0 aromatic carbocycles. The van der Waals surface area contributed by atoms with Gasteiger partial charge in [0.25, 0.3) is 5.91 Å². The highest BCUT2D eigenvalue weighted by Crippen LogP contribution is 2.22. The van der Waals surface area contributed by atoms with Crippen molar-refractivity contribution < 1.29 is 14.4 Å². The summed E-state index contributed by atoms with van der Waals surface area (Å²) >= 11 is 2.16. The molecule has 1 heterocycles. The van der Waals surface area contributed by atoms with Crippen LogP contribution in [-0.4, -0.2) is 48.1 Å². The molecule has 0 aliphatic heterocycles. The van der Waals surface area contributed by atoms with Crippen LogP contribution < -0.4 is 5.32 Å². The molecule has 0 saturated carbocycles. The van der Waals surface area contributed by atoms with E-state index in [1.165, 1.54) is 12.3 Å². The van der Waals surface area contributed by atoms with Gasteiger partial charge in [-0.3, -0.25) is 4.79 Å². The van der Waals surface area contributed by atoms with Gasteiger partial charge < -0.3 is 19.8 Å². The van der Waals surface area contributed by atoms with Crippen LogP contribution >= 0.6 is 28.5 Å². The smallest absolute Gasteiger partial charge is 0.257 e. The Labute approximate surface area is 127 Å². The lowest BCUT2D eigenvalue weighted by Crippen LogP contribution is -2.29. The van der Waals surface area contributed by atoms with E-state index in [2.05, 4.69) is 32.3 Å². The summed E-state index contributed by atoms with van der Waals surface area (Å²) in [6.07, 6.45) is 2.08. The summed E-state index contributed by atoms with van der Waals surface area (Å²) in [5.74, 6) is 0.259. The van der Waals surface area contributed by atoms with Crippen LogP contribution in [0, 0.1) is 0 Å². The van der Waals surface area contributed by atoms with Crippen molar-refractivity contribution in [3.63, 3.8) is 0 Å². The Morgan fingerprint density at radius 2 is 2.42 bits per heavy atom. The minimum Gasteiger partial charge on any atom is -0.506 e. The molecule has 1 aromatic rings. The van der Waals surface area contributed by atoms with Crippen molar-refractivity contribution in [3.05, 3.63) is 17.8 Å². The highest BCUT2D eigenvalue weighted by molar-refractivity contribution is 14.2. The maximum Gasteiger partial charge on any atom is 0.257 e. The fourth-order valence-corrected chi connectivity index (χ4v) is 2.42. The molecule has 0 spiro atoms. The molecule has 6 nitrogen and oxygen atoms in total. The molecule has 1 unspecified atom stereocenters. The average molecular weight is 397 g/mol. The Morgan fingerprint density at radius 3 is 3.05 bits per heavy atom. The quantitative estimate of drug-likeness (QED) is 0.420. The predicted octanol–water partition coefficient (Wildman–Crippen LogP) is 2.25. The van der Waals surface area contributed by atoms with Gasteiger partial charge in [0.1, 0.15) is 11.6 Å². The molecule has 0 aliphatic carbocycles. The summed E-state index contributed by atoms with van der Waals surface area (Å²) in [5.41, 5.74) is 0.363. The number of aromatic hydroxyl groups is 1. The van der Waals surface area contributed by atoms with Gasteiger partial charge in [-0.25, -0.2) is 4.98 Å². The number of anilines is 1. The topological polar surface area (TPSA) is 74.7 Å². The van der Waals surface area contributed by atoms with Gasteiger partial charge in [0.2, 0.25) is 0 Å². The Bertz CT molecular complexity index is 434. The molecule has 8 heteroatoms. The van der Waals surface area contributed by atoms with Crippen molar-refractivity contribution in [1.29, 1.82) is 0 Å². The first-order valence-electron chi connectivity index (χ1n) is 5.69. The lowest BCUT2D eigenvalue weighted by molar-refractivity contribution is 0.0789. The van der Waals surface area contributed by atoms with Crippen molar-refractivity contribution >= 4 is 40.2 Å². The zero-order chi connectivity index (χ0) is 14.3. The third-order valence-corrected chi connectivity index (χ3v) is 3.73. The standard InChI is InChI=1S/C11H17IN3O3P/c1-13-10-9(6-8(16)7-14-10)11(17)15(2)4-3-5-18-19-12/h6-7,16,19H,3-5H2,1-2H3,(H,13,14). The zero-order valence-corrected chi connectivity index (χ0v) is 14.0. The van der Waals surface area contributed by atoms with Crippen molar-refractivity contribution in [2.75, 3.05) is 32.6 Å².